The molecule has 0 atom stereocenters. The first-order chi connectivity index (χ1) is 12.7. The Kier molecular flexibility index (Phi) is 4.10. The number of benzene rings is 1. The number of hydrogen-bond donors (Lipinski definition) is 1. The molecule has 4 aromatic rings. The van der Waals surface area contributed by atoms with Crippen molar-refractivity contribution in [3.63, 3.8) is 0 Å². The minimum Gasteiger partial charge on any atom is -0.342 e. The highest BCUT2D eigenvalue weighted by atomic mass is 16.5. The molecule has 1 amide bonds. The Balaban J connectivity index is 1.44. The molecule has 0 aliphatic carbocycles. The standard InChI is InChI=1S/C17H15N7O2/c1-2-24-10-11(7-20-24)16-22-15(26-23-16)9-19-17(25)14-8-18-12-5-3-4-6-13(12)21-14/h3-8,10H,2,9H2,1H3,(H,19,25). The van der Waals surface area contributed by atoms with Crippen molar-refractivity contribution in [2.24, 2.45) is 0 Å². The molecule has 0 unspecified atom stereocenters. The van der Waals surface area contributed by atoms with Crippen LogP contribution in [0.15, 0.2) is 47.4 Å². The first-order valence-electron chi connectivity index (χ1n) is 8.08. The predicted molar refractivity (Wildman–Crippen MR) is 91.9 cm³/mol. The highest BCUT2D eigenvalue weighted by Crippen LogP contribution is 2.14. The molecule has 9 heteroatoms. The van der Waals surface area contributed by atoms with E-state index < -0.39 is 0 Å². The third kappa shape index (κ3) is 3.14. The normalized spacial score (nSPS) is 11.0. The fourth-order valence-corrected chi connectivity index (χ4v) is 2.41. The van der Waals surface area contributed by atoms with E-state index in [1.807, 2.05) is 31.3 Å². The van der Waals surface area contributed by atoms with Gasteiger partial charge in [-0.3, -0.25) is 14.5 Å². The summed E-state index contributed by atoms with van der Waals surface area (Å²) in [6, 6.07) is 7.36. The molecule has 0 saturated heterocycles. The minimum atomic E-state index is -0.359. The van der Waals surface area contributed by atoms with E-state index in [0.717, 1.165) is 17.6 Å². The number of carbonyl (C=O) groups excluding carboxylic acids is 1. The fourth-order valence-electron chi connectivity index (χ4n) is 2.41. The Morgan fingerprint density at radius 3 is 2.85 bits per heavy atom. The summed E-state index contributed by atoms with van der Waals surface area (Å²) < 4.78 is 6.94. The van der Waals surface area contributed by atoms with Gasteiger partial charge in [-0.1, -0.05) is 17.3 Å². The van der Waals surface area contributed by atoms with Gasteiger partial charge in [-0.15, -0.1) is 0 Å². The molecule has 1 N–H and O–H groups in total. The molecule has 3 aromatic heterocycles. The lowest BCUT2D eigenvalue weighted by Crippen LogP contribution is -2.24. The fraction of sp³-hybridized carbons (Fsp3) is 0.176. The molecule has 0 spiro atoms. The van der Waals surface area contributed by atoms with E-state index in [4.69, 9.17) is 4.52 Å². The topological polar surface area (TPSA) is 112 Å². The molecule has 0 saturated carbocycles. The third-order valence-electron chi connectivity index (χ3n) is 3.76. The van der Waals surface area contributed by atoms with Crippen LogP contribution in [0.2, 0.25) is 0 Å². The van der Waals surface area contributed by atoms with Crippen molar-refractivity contribution in [1.82, 2.24) is 35.2 Å². The zero-order valence-corrected chi connectivity index (χ0v) is 14.0. The molecule has 3 heterocycles. The number of amides is 1. The third-order valence-corrected chi connectivity index (χ3v) is 3.76. The van der Waals surface area contributed by atoms with Gasteiger partial charge in [0.2, 0.25) is 11.7 Å². The van der Waals surface area contributed by atoms with Crippen molar-refractivity contribution in [2.45, 2.75) is 20.0 Å². The number of aromatic nitrogens is 6. The van der Waals surface area contributed by atoms with Crippen molar-refractivity contribution in [2.75, 3.05) is 0 Å². The number of hydrogen-bond acceptors (Lipinski definition) is 7. The molecule has 26 heavy (non-hydrogen) atoms. The van der Waals surface area contributed by atoms with Gasteiger partial charge < -0.3 is 9.84 Å². The Morgan fingerprint density at radius 2 is 2.04 bits per heavy atom. The number of nitrogens with one attached hydrogen (secondary N) is 1. The van der Waals surface area contributed by atoms with E-state index in [0.29, 0.717) is 17.2 Å². The number of carbonyl (C=O) groups is 1. The molecule has 130 valence electrons. The van der Waals surface area contributed by atoms with Crippen LogP contribution < -0.4 is 5.32 Å². The van der Waals surface area contributed by atoms with Crippen molar-refractivity contribution < 1.29 is 9.32 Å². The largest absolute Gasteiger partial charge is 0.342 e. The number of para-hydroxylation sites is 2. The molecule has 0 radical (unpaired) electrons. The zero-order valence-electron chi connectivity index (χ0n) is 14.0. The van der Waals surface area contributed by atoms with Crippen molar-refractivity contribution >= 4 is 16.9 Å². The van der Waals surface area contributed by atoms with Gasteiger partial charge in [-0.2, -0.15) is 10.1 Å². The first kappa shape index (κ1) is 15.9. The maximum Gasteiger partial charge on any atom is 0.271 e. The molecule has 9 nitrogen and oxygen atoms in total. The van der Waals surface area contributed by atoms with Crippen molar-refractivity contribution in [3.8, 4) is 11.4 Å². The average molecular weight is 349 g/mol. The average Bonchev–Trinajstić information content (AvgIpc) is 3.34. The molecule has 0 bridgehead atoms. The van der Waals surface area contributed by atoms with Gasteiger partial charge in [-0.05, 0) is 19.1 Å². The van der Waals surface area contributed by atoms with E-state index in [-0.39, 0.29) is 18.1 Å². The summed E-state index contributed by atoms with van der Waals surface area (Å²) in [6.45, 7) is 2.85. The van der Waals surface area contributed by atoms with Crippen LogP contribution in [0.3, 0.4) is 0 Å². The van der Waals surface area contributed by atoms with Crippen LogP contribution in [0.25, 0.3) is 22.4 Å². The second-order valence-electron chi connectivity index (χ2n) is 5.52. The second kappa shape index (κ2) is 6.71. The van der Waals surface area contributed by atoms with Crippen molar-refractivity contribution in [3.05, 3.63) is 54.4 Å². The van der Waals surface area contributed by atoms with E-state index in [2.05, 4.69) is 30.5 Å². The zero-order chi connectivity index (χ0) is 17.9. The molecule has 0 aliphatic heterocycles. The van der Waals surface area contributed by atoms with Crippen molar-refractivity contribution in [1.29, 1.82) is 0 Å². The van der Waals surface area contributed by atoms with E-state index in [9.17, 15) is 4.79 Å². The summed E-state index contributed by atoms with van der Waals surface area (Å²) >= 11 is 0. The second-order valence-corrected chi connectivity index (χ2v) is 5.52. The highest BCUT2D eigenvalue weighted by Gasteiger charge is 2.13. The summed E-state index contributed by atoms with van der Waals surface area (Å²) in [6.07, 6.45) is 4.94. The SMILES string of the molecule is CCn1cc(-c2noc(CNC(=O)c3cnc4ccccc4n3)n2)cn1. The van der Waals surface area contributed by atoms with Gasteiger partial charge in [0, 0.05) is 12.7 Å². The summed E-state index contributed by atoms with van der Waals surface area (Å²) in [5.41, 5.74) is 2.38. The quantitative estimate of drug-likeness (QED) is 0.585. The lowest BCUT2D eigenvalue weighted by molar-refractivity contribution is 0.0941. The Bertz CT molecular complexity index is 1070. The monoisotopic (exact) mass is 349 g/mol. The highest BCUT2D eigenvalue weighted by molar-refractivity contribution is 5.93. The number of fused-ring (bicyclic) bond motifs is 1. The Labute approximate surface area is 148 Å². The molecule has 0 aliphatic rings. The lowest BCUT2D eigenvalue weighted by atomic mass is 10.3. The Morgan fingerprint density at radius 1 is 1.19 bits per heavy atom. The van der Waals surface area contributed by atoms with Gasteiger partial charge in [0.15, 0.2) is 0 Å². The molecule has 1 aromatic carbocycles. The van der Waals surface area contributed by atoms with Crippen LogP contribution in [-0.2, 0) is 13.1 Å². The van der Waals surface area contributed by atoms with E-state index >= 15 is 0 Å². The van der Waals surface area contributed by atoms with Crippen LogP contribution in [0.1, 0.15) is 23.3 Å². The van der Waals surface area contributed by atoms with E-state index in [1.165, 1.54) is 6.20 Å². The van der Waals surface area contributed by atoms with Crippen LogP contribution in [-0.4, -0.2) is 35.8 Å². The Hall–Kier alpha value is -3.62. The maximum atomic E-state index is 12.3. The van der Waals surface area contributed by atoms with Gasteiger partial charge in [0.25, 0.3) is 5.91 Å². The van der Waals surface area contributed by atoms with Crippen LogP contribution >= 0.6 is 0 Å². The smallest absolute Gasteiger partial charge is 0.271 e. The van der Waals surface area contributed by atoms with Crippen LogP contribution in [0.5, 0.6) is 0 Å². The first-order valence-corrected chi connectivity index (χ1v) is 8.08. The number of aryl methyl sites for hydroxylation is 1. The molecule has 4 rings (SSSR count). The maximum absolute atomic E-state index is 12.3. The van der Waals surface area contributed by atoms with Gasteiger partial charge >= 0.3 is 0 Å². The number of nitrogens with zero attached hydrogens (tertiary/aromatic N) is 6. The summed E-state index contributed by atoms with van der Waals surface area (Å²) in [7, 11) is 0. The van der Waals surface area contributed by atoms with Gasteiger partial charge in [0.1, 0.15) is 5.69 Å². The lowest BCUT2D eigenvalue weighted by Gasteiger charge is -2.02. The molecule has 0 fully saturated rings. The molecular weight excluding hydrogens is 334 g/mol. The number of rotatable bonds is 5. The summed E-state index contributed by atoms with van der Waals surface area (Å²) in [4.78, 5) is 25.1. The van der Waals surface area contributed by atoms with Crippen LogP contribution in [0, 0.1) is 0 Å². The van der Waals surface area contributed by atoms with Crippen LogP contribution in [0.4, 0.5) is 0 Å². The minimum absolute atomic E-state index is 0.0995. The van der Waals surface area contributed by atoms with E-state index in [1.54, 1.807) is 16.9 Å². The predicted octanol–water partition coefficient (Wildman–Crippen LogP) is 1.83. The summed E-state index contributed by atoms with van der Waals surface area (Å²) in [5.74, 6) is 0.368. The van der Waals surface area contributed by atoms with Gasteiger partial charge in [0.05, 0.1) is 35.5 Å². The van der Waals surface area contributed by atoms with Gasteiger partial charge in [-0.25, -0.2) is 4.98 Å². The molecular formula is C17H15N7O2. The summed E-state index contributed by atoms with van der Waals surface area (Å²) in [5, 5.41) is 10.8.